The van der Waals surface area contributed by atoms with Gasteiger partial charge in [-0.25, -0.2) is 13.2 Å². The van der Waals surface area contributed by atoms with Crippen LogP contribution >= 0.6 is 0 Å². The van der Waals surface area contributed by atoms with Crippen molar-refractivity contribution in [2.45, 2.75) is 13.3 Å². The molecule has 2 amide bonds. The molecule has 0 saturated carbocycles. The zero-order valence-corrected chi connectivity index (χ0v) is 9.84. The minimum Gasteiger partial charge on any atom is -0.480 e. The van der Waals surface area contributed by atoms with Crippen molar-refractivity contribution in [3.05, 3.63) is 0 Å². The summed E-state index contributed by atoms with van der Waals surface area (Å²) in [7, 11) is -3.01. The van der Waals surface area contributed by atoms with Crippen LogP contribution in [0.1, 0.15) is 13.3 Å². The summed E-state index contributed by atoms with van der Waals surface area (Å²) in [6.45, 7) is 1.30. The third kappa shape index (κ3) is 8.04. The average Bonchev–Trinajstić information content (AvgIpc) is 2.21. The highest BCUT2D eigenvalue weighted by Gasteiger charge is 2.07. The van der Waals surface area contributed by atoms with Crippen molar-refractivity contribution in [2.75, 3.05) is 24.6 Å². The maximum atomic E-state index is 11.1. The van der Waals surface area contributed by atoms with E-state index in [1.165, 1.54) is 0 Å². The SMILES string of the molecule is CCS(=O)(=O)CCCNC(=O)NCC(=O)O. The number of carbonyl (C=O) groups is 2. The lowest BCUT2D eigenvalue weighted by molar-refractivity contribution is -0.135. The number of carboxylic acids is 1. The molecule has 0 rings (SSSR count). The molecule has 0 aliphatic heterocycles. The highest BCUT2D eigenvalue weighted by molar-refractivity contribution is 7.91. The van der Waals surface area contributed by atoms with E-state index in [1.54, 1.807) is 6.92 Å². The van der Waals surface area contributed by atoms with E-state index in [0.717, 1.165) is 0 Å². The van der Waals surface area contributed by atoms with Crippen LogP contribution in [0.2, 0.25) is 0 Å². The fraction of sp³-hybridized carbons (Fsp3) is 0.750. The lowest BCUT2D eigenvalue weighted by atomic mass is 10.5. The second kappa shape index (κ2) is 7.04. The number of sulfone groups is 1. The smallest absolute Gasteiger partial charge is 0.323 e. The number of aliphatic carboxylic acids is 1. The zero-order chi connectivity index (χ0) is 12.6. The standard InChI is InChI=1S/C8H16N2O5S/c1-2-16(14,15)5-3-4-9-8(13)10-6-7(11)12/h2-6H2,1H3,(H,11,12)(H2,9,10,13). The highest BCUT2D eigenvalue weighted by atomic mass is 32.2. The van der Waals surface area contributed by atoms with Crippen LogP contribution in [-0.4, -0.2) is 50.1 Å². The van der Waals surface area contributed by atoms with Crippen LogP contribution in [0.3, 0.4) is 0 Å². The Morgan fingerprint density at radius 3 is 2.38 bits per heavy atom. The minimum atomic E-state index is -3.01. The Bertz CT molecular complexity index is 338. The molecule has 0 heterocycles. The molecule has 0 bridgehead atoms. The summed E-state index contributed by atoms with van der Waals surface area (Å²) in [5.41, 5.74) is 0. The van der Waals surface area contributed by atoms with Crippen molar-refractivity contribution >= 4 is 21.8 Å². The summed E-state index contributed by atoms with van der Waals surface area (Å²) in [6.07, 6.45) is 0.316. The van der Waals surface area contributed by atoms with Crippen molar-refractivity contribution in [3.63, 3.8) is 0 Å². The monoisotopic (exact) mass is 252 g/mol. The molecule has 0 aromatic heterocycles. The minimum absolute atomic E-state index is 0.0166. The summed E-state index contributed by atoms with van der Waals surface area (Å²) in [5, 5.41) is 12.7. The summed E-state index contributed by atoms with van der Waals surface area (Å²) >= 11 is 0. The number of rotatable bonds is 7. The van der Waals surface area contributed by atoms with Crippen molar-refractivity contribution in [1.29, 1.82) is 0 Å². The first-order valence-corrected chi connectivity index (χ1v) is 6.63. The normalized spacial score (nSPS) is 10.8. The van der Waals surface area contributed by atoms with Crippen molar-refractivity contribution in [1.82, 2.24) is 10.6 Å². The van der Waals surface area contributed by atoms with E-state index in [2.05, 4.69) is 10.6 Å². The second-order valence-corrected chi connectivity index (χ2v) is 5.57. The number of urea groups is 1. The molecule has 16 heavy (non-hydrogen) atoms. The fourth-order valence-corrected chi connectivity index (χ4v) is 1.73. The van der Waals surface area contributed by atoms with E-state index in [1.807, 2.05) is 0 Å². The molecule has 94 valence electrons. The first kappa shape index (κ1) is 14.7. The fourth-order valence-electron chi connectivity index (χ4n) is 0.857. The van der Waals surface area contributed by atoms with E-state index in [-0.39, 0.29) is 18.1 Å². The Morgan fingerprint density at radius 2 is 1.88 bits per heavy atom. The lowest BCUT2D eigenvalue weighted by Gasteiger charge is -2.05. The molecule has 0 fully saturated rings. The van der Waals surface area contributed by atoms with E-state index in [0.29, 0.717) is 6.42 Å². The van der Waals surface area contributed by atoms with Gasteiger partial charge in [0, 0.05) is 12.3 Å². The Balaban J connectivity index is 3.60. The van der Waals surface area contributed by atoms with Crippen molar-refractivity contribution < 1.29 is 23.1 Å². The van der Waals surface area contributed by atoms with Gasteiger partial charge < -0.3 is 15.7 Å². The van der Waals surface area contributed by atoms with Crippen LogP contribution in [0.15, 0.2) is 0 Å². The molecular weight excluding hydrogens is 236 g/mol. The van der Waals surface area contributed by atoms with E-state index in [9.17, 15) is 18.0 Å². The maximum Gasteiger partial charge on any atom is 0.323 e. The van der Waals surface area contributed by atoms with Gasteiger partial charge in [0.15, 0.2) is 0 Å². The number of hydrogen-bond donors (Lipinski definition) is 3. The molecule has 0 radical (unpaired) electrons. The molecule has 0 spiro atoms. The molecule has 8 heteroatoms. The topological polar surface area (TPSA) is 113 Å². The van der Waals surface area contributed by atoms with Gasteiger partial charge in [0.25, 0.3) is 0 Å². The van der Waals surface area contributed by atoms with Gasteiger partial charge in [-0.3, -0.25) is 4.79 Å². The Hall–Kier alpha value is -1.31. The third-order valence-electron chi connectivity index (χ3n) is 1.76. The average molecular weight is 252 g/mol. The number of nitrogens with one attached hydrogen (secondary N) is 2. The van der Waals surface area contributed by atoms with Crippen LogP contribution in [0.5, 0.6) is 0 Å². The van der Waals surface area contributed by atoms with Gasteiger partial charge in [-0.15, -0.1) is 0 Å². The highest BCUT2D eigenvalue weighted by Crippen LogP contribution is 1.91. The van der Waals surface area contributed by atoms with Crippen LogP contribution in [0.4, 0.5) is 4.79 Å². The Kier molecular flexibility index (Phi) is 6.47. The number of hydrogen-bond acceptors (Lipinski definition) is 4. The Labute approximate surface area is 94.1 Å². The molecule has 0 aliphatic rings. The van der Waals surface area contributed by atoms with Gasteiger partial charge in [0.05, 0.1) is 5.75 Å². The molecule has 0 aromatic carbocycles. The number of amides is 2. The second-order valence-electron chi connectivity index (χ2n) is 3.09. The van der Waals surface area contributed by atoms with Gasteiger partial charge in [0.1, 0.15) is 16.4 Å². The summed E-state index contributed by atoms with van der Waals surface area (Å²) in [6, 6.07) is -0.615. The molecule has 0 atom stereocenters. The first-order chi connectivity index (χ1) is 7.37. The molecule has 0 aliphatic carbocycles. The predicted molar refractivity (Wildman–Crippen MR) is 58.0 cm³/mol. The lowest BCUT2D eigenvalue weighted by Crippen LogP contribution is -2.39. The van der Waals surface area contributed by atoms with Crippen LogP contribution in [0, 0.1) is 0 Å². The van der Waals surface area contributed by atoms with Gasteiger partial charge in [-0.05, 0) is 6.42 Å². The zero-order valence-electron chi connectivity index (χ0n) is 9.02. The molecule has 7 nitrogen and oxygen atoms in total. The van der Waals surface area contributed by atoms with Crippen LogP contribution in [-0.2, 0) is 14.6 Å². The van der Waals surface area contributed by atoms with Gasteiger partial charge >= 0.3 is 12.0 Å². The van der Waals surface area contributed by atoms with Gasteiger partial charge in [0.2, 0.25) is 0 Å². The number of carboxylic acid groups (broad SMARTS) is 1. The van der Waals surface area contributed by atoms with Crippen LogP contribution in [0.25, 0.3) is 0 Å². The Morgan fingerprint density at radius 1 is 1.25 bits per heavy atom. The molecule has 3 N–H and O–H groups in total. The molecule has 0 unspecified atom stereocenters. The summed E-state index contributed by atoms with van der Waals surface area (Å²) in [4.78, 5) is 21.0. The van der Waals surface area contributed by atoms with E-state index >= 15 is 0 Å². The van der Waals surface area contributed by atoms with Crippen molar-refractivity contribution in [2.24, 2.45) is 0 Å². The maximum absolute atomic E-state index is 11.1. The quantitative estimate of drug-likeness (QED) is 0.513. The van der Waals surface area contributed by atoms with E-state index < -0.39 is 28.4 Å². The first-order valence-electron chi connectivity index (χ1n) is 4.81. The summed E-state index contributed by atoms with van der Waals surface area (Å²) < 4.78 is 22.1. The van der Waals surface area contributed by atoms with Crippen molar-refractivity contribution in [3.8, 4) is 0 Å². The predicted octanol–water partition coefficient (Wildman–Crippen LogP) is -0.805. The molecule has 0 saturated heterocycles. The molecule has 0 aromatic rings. The van der Waals surface area contributed by atoms with Gasteiger partial charge in [-0.2, -0.15) is 0 Å². The van der Waals surface area contributed by atoms with Gasteiger partial charge in [-0.1, -0.05) is 6.92 Å². The van der Waals surface area contributed by atoms with Crippen LogP contribution < -0.4 is 10.6 Å². The number of carbonyl (C=O) groups excluding carboxylic acids is 1. The largest absolute Gasteiger partial charge is 0.480 e. The molecular formula is C8H16N2O5S. The third-order valence-corrected chi connectivity index (χ3v) is 3.55. The summed E-state index contributed by atoms with van der Waals surface area (Å²) in [5.74, 6) is -1.04. The van der Waals surface area contributed by atoms with E-state index in [4.69, 9.17) is 5.11 Å².